The van der Waals surface area contributed by atoms with Crippen LogP contribution >= 0.6 is 0 Å². The second-order valence-electron chi connectivity index (χ2n) is 4.60. The van der Waals surface area contributed by atoms with Crippen molar-refractivity contribution in [2.45, 2.75) is 19.4 Å². The number of ether oxygens (including phenoxy) is 4. The van der Waals surface area contributed by atoms with Gasteiger partial charge >= 0.3 is 0 Å². The molecule has 108 valence electrons. The fourth-order valence-corrected chi connectivity index (χ4v) is 1.91. The summed E-state index contributed by atoms with van der Waals surface area (Å²) in [6.45, 7) is 8.10. The molecule has 0 spiro atoms. The van der Waals surface area contributed by atoms with Gasteiger partial charge in [0.15, 0.2) is 0 Å². The summed E-state index contributed by atoms with van der Waals surface area (Å²) >= 11 is 0. The molecule has 0 saturated carbocycles. The molecule has 5 heteroatoms. The summed E-state index contributed by atoms with van der Waals surface area (Å²) in [7, 11) is 1.66. The zero-order valence-electron chi connectivity index (χ0n) is 11.7. The smallest absolute Gasteiger partial charge is 0.0726 e. The van der Waals surface area contributed by atoms with Gasteiger partial charge in [-0.15, -0.1) is 0 Å². The maximum Gasteiger partial charge on any atom is 0.0726 e. The lowest BCUT2D eigenvalue weighted by Gasteiger charge is -2.29. The zero-order chi connectivity index (χ0) is 13.1. The van der Waals surface area contributed by atoms with Gasteiger partial charge in [-0.3, -0.25) is 0 Å². The molecule has 2 atom stereocenters. The molecule has 0 amide bonds. The molecule has 18 heavy (non-hydrogen) atoms. The Morgan fingerprint density at radius 1 is 1.00 bits per heavy atom. The first-order valence-electron chi connectivity index (χ1n) is 6.81. The molecule has 2 unspecified atom stereocenters. The van der Waals surface area contributed by atoms with E-state index in [0.717, 1.165) is 13.1 Å². The van der Waals surface area contributed by atoms with Crippen molar-refractivity contribution in [3.05, 3.63) is 0 Å². The third-order valence-electron chi connectivity index (χ3n) is 3.12. The summed E-state index contributed by atoms with van der Waals surface area (Å²) in [6, 6.07) is 0. The van der Waals surface area contributed by atoms with Crippen LogP contribution < -0.4 is 5.32 Å². The summed E-state index contributed by atoms with van der Waals surface area (Å²) in [6.07, 6.45) is 1.53. The van der Waals surface area contributed by atoms with Crippen molar-refractivity contribution in [3.8, 4) is 0 Å². The molecule has 1 aliphatic rings. The van der Waals surface area contributed by atoms with Crippen LogP contribution in [0.3, 0.4) is 0 Å². The molecule has 0 radical (unpaired) electrons. The molecule has 1 heterocycles. The highest BCUT2D eigenvalue weighted by Crippen LogP contribution is 2.14. The Hall–Kier alpha value is -0.200. The fraction of sp³-hybridized carbons (Fsp3) is 1.00. The predicted octanol–water partition coefficient (Wildman–Crippen LogP) is 0.681. The molecule has 1 fully saturated rings. The number of hydrogen-bond acceptors (Lipinski definition) is 5. The number of nitrogens with one attached hydrogen (secondary N) is 1. The van der Waals surface area contributed by atoms with E-state index in [4.69, 9.17) is 18.9 Å². The van der Waals surface area contributed by atoms with Gasteiger partial charge < -0.3 is 24.3 Å². The Morgan fingerprint density at radius 3 is 2.33 bits per heavy atom. The Morgan fingerprint density at radius 2 is 1.67 bits per heavy atom. The maximum atomic E-state index is 5.79. The maximum absolute atomic E-state index is 5.79. The van der Waals surface area contributed by atoms with Crippen LogP contribution in [-0.4, -0.2) is 65.9 Å². The minimum Gasteiger partial charge on any atom is -0.382 e. The number of methoxy groups -OCH3 is 1. The molecular weight excluding hydrogens is 234 g/mol. The van der Waals surface area contributed by atoms with E-state index >= 15 is 0 Å². The van der Waals surface area contributed by atoms with Crippen LogP contribution in [0.4, 0.5) is 0 Å². The molecule has 5 nitrogen and oxygen atoms in total. The summed E-state index contributed by atoms with van der Waals surface area (Å²) in [5, 5.41) is 3.35. The summed E-state index contributed by atoms with van der Waals surface area (Å²) in [5.41, 5.74) is 0. The summed E-state index contributed by atoms with van der Waals surface area (Å²) < 4.78 is 21.4. The number of rotatable bonds is 10. The van der Waals surface area contributed by atoms with Gasteiger partial charge in [0.05, 0.1) is 45.7 Å². The molecule has 1 saturated heterocycles. The first-order chi connectivity index (χ1) is 8.84. The van der Waals surface area contributed by atoms with E-state index in [0.29, 0.717) is 51.7 Å². The number of hydrogen-bond donors (Lipinski definition) is 1. The van der Waals surface area contributed by atoms with Crippen molar-refractivity contribution in [2.24, 2.45) is 5.92 Å². The van der Waals surface area contributed by atoms with E-state index in [-0.39, 0.29) is 0 Å². The Labute approximate surface area is 110 Å². The van der Waals surface area contributed by atoms with Gasteiger partial charge in [0.25, 0.3) is 0 Å². The van der Waals surface area contributed by atoms with Gasteiger partial charge in [-0.2, -0.15) is 0 Å². The average Bonchev–Trinajstić information content (AvgIpc) is 2.39. The molecule has 0 aromatic carbocycles. The molecular formula is C13H27NO4. The fourth-order valence-electron chi connectivity index (χ4n) is 1.91. The van der Waals surface area contributed by atoms with Crippen LogP contribution in [-0.2, 0) is 18.9 Å². The van der Waals surface area contributed by atoms with E-state index in [9.17, 15) is 0 Å². The van der Waals surface area contributed by atoms with Crippen LogP contribution in [0.1, 0.15) is 13.3 Å². The zero-order valence-corrected chi connectivity index (χ0v) is 11.7. The van der Waals surface area contributed by atoms with Gasteiger partial charge in [-0.05, 0) is 18.9 Å². The average molecular weight is 261 g/mol. The topological polar surface area (TPSA) is 49.0 Å². The van der Waals surface area contributed by atoms with Crippen LogP contribution in [0.5, 0.6) is 0 Å². The lowest BCUT2D eigenvalue weighted by molar-refractivity contribution is -0.0369. The van der Waals surface area contributed by atoms with Crippen molar-refractivity contribution in [3.63, 3.8) is 0 Å². The molecule has 0 bridgehead atoms. The lowest BCUT2D eigenvalue weighted by atomic mass is 9.97. The normalized spacial score (nSPS) is 24.3. The highest BCUT2D eigenvalue weighted by Gasteiger charge is 2.20. The Kier molecular flexibility index (Phi) is 9.42. The second-order valence-corrected chi connectivity index (χ2v) is 4.60. The Balaban J connectivity index is 1.83. The first kappa shape index (κ1) is 15.9. The largest absolute Gasteiger partial charge is 0.382 e. The van der Waals surface area contributed by atoms with Gasteiger partial charge in [0, 0.05) is 13.7 Å². The van der Waals surface area contributed by atoms with E-state index in [1.54, 1.807) is 7.11 Å². The molecule has 0 aliphatic carbocycles. The van der Waals surface area contributed by atoms with Gasteiger partial charge in [-0.1, -0.05) is 6.92 Å². The highest BCUT2D eigenvalue weighted by molar-refractivity contribution is 4.75. The summed E-state index contributed by atoms with van der Waals surface area (Å²) in [5.74, 6) is 0.642. The van der Waals surface area contributed by atoms with Crippen molar-refractivity contribution >= 4 is 0 Å². The van der Waals surface area contributed by atoms with Crippen molar-refractivity contribution < 1.29 is 18.9 Å². The quantitative estimate of drug-likeness (QED) is 0.586. The minimum absolute atomic E-state index is 0.334. The van der Waals surface area contributed by atoms with Crippen LogP contribution in [0.25, 0.3) is 0 Å². The van der Waals surface area contributed by atoms with E-state index < -0.39 is 0 Å². The van der Waals surface area contributed by atoms with Crippen LogP contribution in [0, 0.1) is 5.92 Å². The third kappa shape index (κ3) is 7.28. The Bertz CT molecular complexity index is 192. The van der Waals surface area contributed by atoms with Crippen LogP contribution in [0.2, 0.25) is 0 Å². The van der Waals surface area contributed by atoms with Crippen molar-refractivity contribution in [2.75, 3.05) is 59.8 Å². The molecule has 1 rings (SSSR count). The van der Waals surface area contributed by atoms with Gasteiger partial charge in [-0.25, -0.2) is 0 Å². The second kappa shape index (κ2) is 10.7. The minimum atomic E-state index is 0.334. The summed E-state index contributed by atoms with van der Waals surface area (Å²) in [4.78, 5) is 0. The van der Waals surface area contributed by atoms with Crippen molar-refractivity contribution in [1.82, 2.24) is 5.32 Å². The highest BCUT2D eigenvalue weighted by atomic mass is 16.6. The van der Waals surface area contributed by atoms with Gasteiger partial charge in [0.1, 0.15) is 0 Å². The van der Waals surface area contributed by atoms with Crippen LogP contribution in [0.15, 0.2) is 0 Å². The standard InChI is InChI=1S/C13H27NO4/c1-12-3-4-14-11-13(12)18-10-9-17-8-7-16-6-5-15-2/h12-14H,3-11H2,1-2H3. The molecule has 1 aliphatic heterocycles. The lowest BCUT2D eigenvalue weighted by Crippen LogP contribution is -2.41. The third-order valence-corrected chi connectivity index (χ3v) is 3.12. The molecule has 0 aromatic heterocycles. The van der Waals surface area contributed by atoms with Crippen molar-refractivity contribution in [1.29, 1.82) is 0 Å². The first-order valence-corrected chi connectivity index (χ1v) is 6.81. The number of piperidine rings is 1. The SMILES string of the molecule is COCCOCCOCCOC1CNCCC1C. The molecule has 0 aromatic rings. The van der Waals surface area contributed by atoms with E-state index in [2.05, 4.69) is 12.2 Å². The molecule has 1 N–H and O–H groups in total. The van der Waals surface area contributed by atoms with E-state index in [1.807, 2.05) is 0 Å². The predicted molar refractivity (Wildman–Crippen MR) is 69.9 cm³/mol. The van der Waals surface area contributed by atoms with E-state index in [1.165, 1.54) is 6.42 Å². The monoisotopic (exact) mass is 261 g/mol. The van der Waals surface area contributed by atoms with Gasteiger partial charge in [0.2, 0.25) is 0 Å².